The summed E-state index contributed by atoms with van der Waals surface area (Å²) in [5.41, 5.74) is 2.66. The molecule has 3 aromatic rings. The van der Waals surface area contributed by atoms with Gasteiger partial charge < -0.3 is 10.1 Å². The van der Waals surface area contributed by atoms with E-state index in [-0.39, 0.29) is 17.9 Å². The number of hydrogen-bond donors (Lipinski definition) is 1. The average molecular weight is 462 g/mol. The molecule has 3 aromatic carbocycles. The number of carbonyl (C=O) groups excluding carboxylic acids is 1. The van der Waals surface area contributed by atoms with Gasteiger partial charge in [-0.1, -0.05) is 36.7 Å². The van der Waals surface area contributed by atoms with Crippen LogP contribution in [0.3, 0.4) is 0 Å². The van der Waals surface area contributed by atoms with E-state index in [1.807, 2.05) is 31.2 Å². The van der Waals surface area contributed by atoms with Crippen molar-refractivity contribution in [2.45, 2.75) is 20.0 Å². The zero-order chi connectivity index (χ0) is 23.8. The summed E-state index contributed by atoms with van der Waals surface area (Å²) in [4.78, 5) is 23.1. The number of benzene rings is 3. The van der Waals surface area contributed by atoms with Crippen LogP contribution in [0.25, 0.3) is 6.08 Å². The lowest BCUT2D eigenvalue weighted by Gasteiger charge is -2.11. The van der Waals surface area contributed by atoms with Gasteiger partial charge in [-0.15, -0.1) is 0 Å². The third-order valence-corrected chi connectivity index (χ3v) is 5.06. The smallest absolute Gasteiger partial charge is 0.269 e. The average Bonchev–Trinajstić information content (AvgIpc) is 2.82. The molecule has 0 unspecified atom stereocenters. The molecule has 0 saturated heterocycles. The number of nitro groups is 1. The molecule has 0 spiro atoms. The molecule has 0 saturated carbocycles. The van der Waals surface area contributed by atoms with Gasteiger partial charge in [-0.25, -0.2) is 0 Å². The Labute approximate surface area is 196 Å². The molecule has 0 aromatic heterocycles. The minimum atomic E-state index is -0.542. The number of amides is 1. The molecule has 8 heteroatoms. The van der Waals surface area contributed by atoms with Gasteiger partial charge in [0.1, 0.15) is 24.0 Å². The Morgan fingerprint density at radius 1 is 1.18 bits per heavy atom. The van der Waals surface area contributed by atoms with Gasteiger partial charge in [0, 0.05) is 28.4 Å². The first-order chi connectivity index (χ1) is 15.9. The lowest BCUT2D eigenvalue weighted by molar-refractivity contribution is -0.384. The van der Waals surface area contributed by atoms with Gasteiger partial charge in [0.05, 0.1) is 4.92 Å². The van der Waals surface area contributed by atoms with Gasteiger partial charge in [-0.05, 0) is 60.0 Å². The van der Waals surface area contributed by atoms with E-state index in [1.54, 1.807) is 36.4 Å². The summed E-state index contributed by atoms with van der Waals surface area (Å²) in [6.07, 6.45) is 2.15. The number of nitrogens with zero attached hydrogens (tertiary/aromatic N) is 2. The second kappa shape index (κ2) is 10.9. The number of halogens is 1. The Balaban J connectivity index is 1.82. The minimum Gasteiger partial charge on any atom is -0.488 e. The maximum Gasteiger partial charge on any atom is 0.269 e. The number of carbonyl (C=O) groups is 1. The van der Waals surface area contributed by atoms with E-state index in [0.29, 0.717) is 22.0 Å². The summed E-state index contributed by atoms with van der Waals surface area (Å²) >= 11 is 6.12. The highest BCUT2D eigenvalue weighted by Crippen LogP contribution is 2.27. The fraction of sp³-hybridized carbons (Fsp3) is 0.120. The monoisotopic (exact) mass is 461 g/mol. The highest BCUT2D eigenvalue weighted by atomic mass is 35.5. The fourth-order valence-electron chi connectivity index (χ4n) is 3.08. The molecular formula is C25H20ClN3O4. The largest absolute Gasteiger partial charge is 0.488 e. The summed E-state index contributed by atoms with van der Waals surface area (Å²) in [6, 6.07) is 20.2. The quantitative estimate of drug-likeness (QED) is 0.193. The predicted molar refractivity (Wildman–Crippen MR) is 127 cm³/mol. The molecule has 3 rings (SSSR count). The van der Waals surface area contributed by atoms with Crippen molar-refractivity contribution >= 4 is 35.0 Å². The zero-order valence-corrected chi connectivity index (χ0v) is 18.5. The van der Waals surface area contributed by atoms with Crippen molar-refractivity contribution in [3.63, 3.8) is 0 Å². The predicted octanol–water partition coefficient (Wildman–Crippen LogP) is 5.94. The van der Waals surface area contributed by atoms with Crippen LogP contribution in [0.2, 0.25) is 5.02 Å². The van der Waals surface area contributed by atoms with E-state index < -0.39 is 10.8 Å². The molecule has 33 heavy (non-hydrogen) atoms. The van der Waals surface area contributed by atoms with Gasteiger partial charge in [-0.3, -0.25) is 14.9 Å². The van der Waals surface area contributed by atoms with E-state index in [4.69, 9.17) is 16.3 Å². The van der Waals surface area contributed by atoms with Crippen molar-refractivity contribution in [3.8, 4) is 11.8 Å². The normalized spacial score (nSPS) is 10.9. The molecule has 0 radical (unpaired) electrons. The Hall–Kier alpha value is -4.15. The van der Waals surface area contributed by atoms with Crippen molar-refractivity contribution in [1.82, 2.24) is 0 Å². The Kier molecular flexibility index (Phi) is 7.79. The van der Waals surface area contributed by atoms with Crippen LogP contribution in [0.15, 0.2) is 72.3 Å². The Morgan fingerprint density at radius 2 is 1.91 bits per heavy atom. The minimum absolute atomic E-state index is 0.0109. The van der Waals surface area contributed by atoms with Crippen LogP contribution in [0.4, 0.5) is 11.4 Å². The lowest BCUT2D eigenvalue weighted by Crippen LogP contribution is -2.14. The number of nitriles is 1. The molecular weight excluding hydrogens is 442 g/mol. The van der Waals surface area contributed by atoms with Gasteiger partial charge in [0.15, 0.2) is 0 Å². The van der Waals surface area contributed by atoms with Crippen LogP contribution in [-0.2, 0) is 17.8 Å². The van der Waals surface area contributed by atoms with E-state index in [1.165, 1.54) is 18.2 Å². The maximum absolute atomic E-state index is 12.7. The lowest BCUT2D eigenvalue weighted by atomic mass is 10.1. The first-order valence-electron chi connectivity index (χ1n) is 10.1. The SMILES string of the molecule is CCc1ccccc1NC(=O)/C(C#N)=C/c1cc(Cl)ccc1OCc1ccc([N+](=O)[O-])cc1. The summed E-state index contributed by atoms with van der Waals surface area (Å²) in [5, 5.41) is 23.6. The second-order valence-electron chi connectivity index (χ2n) is 7.03. The van der Waals surface area contributed by atoms with Crippen molar-refractivity contribution in [1.29, 1.82) is 5.26 Å². The van der Waals surface area contributed by atoms with Gasteiger partial charge in [-0.2, -0.15) is 5.26 Å². The van der Waals surface area contributed by atoms with Crippen molar-refractivity contribution in [2.24, 2.45) is 0 Å². The summed E-state index contributed by atoms with van der Waals surface area (Å²) in [5.74, 6) is -0.132. The highest BCUT2D eigenvalue weighted by molar-refractivity contribution is 6.30. The van der Waals surface area contributed by atoms with Gasteiger partial charge in [0.2, 0.25) is 0 Å². The van der Waals surface area contributed by atoms with Crippen molar-refractivity contribution in [3.05, 3.63) is 104 Å². The summed E-state index contributed by atoms with van der Waals surface area (Å²) < 4.78 is 5.84. The molecule has 0 atom stereocenters. The van der Waals surface area contributed by atoms with E-state index in [2.05, 4.69) is 5.32 Å². The molecule has 0 aliphatic carbocycles. The number of nitrogens with one attached hydrogen (secondary N) is 1. The van der Waals surface area contributed by atoms with Crippen molar-refractivity contribution < 1.29 is 14.5 Å². The molecule has 0 aliphatic rings. The number of para-hydroxylation sites is 1. The van der Waals surface area contributed by atoms with E-state index in [9.17, 15) is 20.2 Å². The molecule has 0 fully saturated rings. The summed E-state index contributed by atoms with van der Waals surface area (Å²) in [6.45, 7) is 2.12. The third-order valence-electron chi connectivity index (χ3n) is 4.82. The van der Waals surface area contributed by atoms with Crippen LogP contribution >= 0.6 is 11.6 Å². The molecule has 0 heterocycles. The van der Waals surface area contributed by atoms with Crippen molar-refractivity contribution in [2.75, 3.05) is 5.32 Å². The first kappa shape index (κ1) is 23.5. The summed E-state index contributed by atoms with van der Waals surface area (Å²) in [7, 11) is 0. The molecule has 1 N–H and O–H groups in total. The van der Waals surface area contributed by atoms with Crippen LogP contribution in [-0.4, -0.2) is 10.8 Å². The number of aryl methyl sites for hydroxylation is 1. The van der Waals surface area contributed by atoms with Gasteiger partial charge in [0.25, 0.3) is 11.6 Å². The first-order valence-corrected chi connectivity index (χ1v) is 10.5. The number of hydrogen-bond acceptors (Lipinski definition) is 5. The molecule has 1 amide bonds. The molecule has 7 nitrogen and oxygen atoms in total. The van der Waals surface area contributed by atoms with Crippen LogP contribution in [0, 0.1) is 21.4 Å². The van der Waals surface area contributed by atoms with Crippen LogP contribution in [0.1, 0.15) is 23.6 Å². The second-order valence-corrected chi connectivity index (χ2v) is 7.47. The van der Waals surface area contributed by atoms with Crippen LogP contribution < -0.4 is 10.1 Å². The maximum atomic E-state index is 12.7. The fourth-order valence-corrected chi connectivity index (χ4v) is 3.26. The standard InChI is InChI=1S/C25H20ClN3O4/c1-2-18-5-3-4-6-23(18)28-25(30)20(15-27)13-19-14-21(26)9-12-24(19)33-16-17-7-10-22(11-8-17)29(31)32/h3-14H,2,16H2,1H3,(H,28,30)/b20-13+. The van der Waals surface area contributed by atoms with Crippen LogP contribution in [0.5, 0.6) is 5.75 Å². The molecule has 0 aliphatic heterocycles. The number of nitro benzene ring substituents is 1. The topological polar surface area (TPSA) is 105 Å². The number of ether oxygens (including phenoxy) is 1. The zero-order valence-electron chi connectivity index (χ0n) is 17.7. The number of anilines is 1. The number of rotatable bonds is 8. The molecule has 0 bridgehead atoms. The highest BCUT2D eigenvalue weighted by Gasteiger charge is 2.14. The van der Waals surface area contributed by atoms with Gasteiger partial charge >= 0.3 is 0 Å². The molecule has 166 valence electrons. The van der Waals surface area contributed by atoms with E-state index >= 15 is 0 Å². The third kappa shape index (κ3) is 6.19. The Bertz CT molecular complexity index is 1250. The number of non-ortho nitro benzene ring substituents is 1. The Morgan fingerprint density at radius 3 is 2.58 bits per heavy atom. The van der Waals surface area contributed by atoms with E-state index in [0.717, 1.165) is 17.5 Å².